The number of alkyl halides is 3. The fourth-order valence-electron chi connectivity index (χ4n) is 7.27. The molecule has 0 atom stereocenters. The van der Waals surface area contributed by atoms with E-state index in [1.54, 1.807) is 36.0 Å². The topological polar surface area (TPSA) is 264 Å². The zero-order valence-electron chi connectivity index (χ0n) is 37.1. The van der Waals surface area contributed by atoms with Crippen molar-refractivity contribution < 1.29 is 118 Å². The summed E-state index contributed by atoms with van der Waals surface area (Å²) in [6.45, 7) is 2.54. The fourth-order valence-corrected chi connectivity index (χ4v) is 11.4. The third kappa shape index (κ3) is 19.2. The molecule has 1 saturated heterocycles. The van der Waals surface area contributed by atoms with Crippen LogP contribution >= 0.6 is 7.26 Å². The van der Waals surface area contributed by atoms with Gasteiger partial charge < -0.3 is 64.8 Å². The van der Waals surface area contributed by atoms with Gasteiger partial charge in [0, 0.05) is 78.5 Å². The molecule has 4 N–H and O–H groups in total. The van der Waals surface area contributed by atoms with Crippen molar-refractivity contribution in [3.8, 4) is 17.2 Å². The summed E-state index contributed by atoms with van der Waals surface area (Å²) in [6.07, 6.45) is -4.46. The SMILES string of the molecule is COc1ccc([P+](Cc2ccc(CN3CCN(CC(=O)[O-])CCN(CC(=O)[O-])CCN(CC(=O)[O-])CC3)cc2)(c2ccc(OC)cc2)c2ccc(OC)cc2)cc1.O.O.O=C([O-])C(F)(F)F.[Gd+3]. The smallest absolute Gasteiger partial charge is 0.549 e. The molecule has 0 unspecified atom stereocenters. The van der Waals surface area contributed by atoms with Gasteiger partial charge in [0.2, 0.25) is 0 Å². The van der Waals surface area contributed by atoms with Crippen molar-refractivity contribution >= 4 is 47.1 Å². The van der Waals surface area contributed by atoms with Crippen LogP contribution in [0.2, 0.25) is 0 Å². The first-order chi connectivity index (χ1) is 30.4. The Balaban J connectivity index is 0.00000208. The summed E-state index contributed by atoms with van der Waals surface area (Å²) in [5.41, 5.74) is 2.19. The van der Waals surface area contributed by atoms with Gasteiger partial charge in [-0.15, -0.1) is 0 Å². The van der Waals surface area contributed by atoms with Gasteiger partial charge in [-0.3, -0.25) is 19.6 Å². The van der Waals surface area contributed by atoms with Gasteiger partial charge in [-0.05, 0) is 83.9 Å². The minimum atomic E-state index is -5.19. The first-order valence-corrected chi connectivity index (χ1v) is 22.1. The van der Waals surface area contributed by atoms with E-state index in [0.29, 0.717) is 45.8 Å². The van der Waals surface area contributed by atoms with Crippen LogP contribution < -0.4 is 50.6 Å². The van der Waals surface area contributed by atoms with E-state index < -0.39 is 37.3 Å². The molecule has 17 nitrogen and oxygen atoms in total. The van der Waals surface area contributed by atoms with Gasteiger partial charge in [-0.25, -0.2) is 0 Å². The molecule has 1 aliphatic rings. The minimum Gasteiger partial charge on any atom is -0.549 e. The van der Waals surface area contributed by atoms with Crippen LogP contribution in [0.4, 0.5) is 13.2 Å². The molecule has 0 aliphatic carbocycles. The fraction of sp³-hybridized carbons (Fsp3) is 0.378. The van der Waals surface area contributed by atoms with Crippen molar-refractivity contribution in [2.24, 2.45) is 0 Å². The largest absolute Gasteiger partial charge is 3.00 e. The Kier molecular flexibility index (Phi) is 26.5. The van der Waals surface area contributed by atoms with Crippen molar-refractivity contribution in [2.75, 3.05) is 93.3 Å². The number of rotatable bonds is 16. The Hall–Kier alpha value is -4.54. The third-order valence-corrected chi connectivity index (χ3v) is 15.0. The van der Waals surface area contributed by atoms with Crippen molar-refractivity contribution in [1.29, 1.82) is 0 Å². The van der Waals surface area contributed by atoms with Gasteiger partial charge in [0.05, 0.1) is 45.4 Å². The number of aliphatic carboxylic acids is 4. The van der Waals surface area contributed by atoms with E-state index >= 15 is 0 Å². The summed E-state index contributed by atoms with van der Waals surface area (Å²) in [6, 6.07) is 33.5. The number of hydrogen-bond donors (Lipinski definition) is 0. The summed E-state index contributed by atoms with van der Waals surface area (Å²) in [4.78, 5) is 50.8. The van der Waals surface area contributed by atoms with E-state index in [4.69, 9.17) is 24.1 Å². The normalized spacial score (nSPS) is 14.4. The second-order valence-corrected chi connectivity index (χ2v) is 18.4. The standard InChI is InChI=1S/C43H53N4O9P.C2HF3O2.Gd.2H2O/c1-54-35-8-14-38(15-9-35)57(39-16-10-36(55-2)11-17-39,40-18-12-37(56-3)13-19-40)32-34-6-4-33(5-7-34)28-44-20-22-45(29-41(48)49)24-26-47(31-43(52)53)27-25-46(23-21-44)30-42(50)51;3-2(4,5)1(6)7;;;/h4-19H,20-32H2,1-3H3,(H2-,48,49,50,51,52,53);(H,6,7);;2*1H2/q;;+3;;/p-3. The van der Waals surface area contributed by atoms with Crippen molar-refractivity contribution in [3.63, 3.8) is 0 Å². The maximum Gasteiger partial charge on any atom is 3.00 e. The van der Waals surface area contributed by atoms with Crippen molar-refractivity contribution in [2.45, 2.75) is 18.9 Å². The molecule has 1 heterocycles. The monoisotopic (exact) mass is 1110 g/mol. The molecule has 0 bridgehead atoms. The van der Waals surface area contributed by atoms with Gasteiger partial charge in [0.15, 0.2) is 0 Å². The molecule has 0 spiro atoms. The van der Waals surface area contributed by atoms with Crippen LogP contribution in [0.25, 0.3) is 0 Å². The summed E-state index contributed by atoms with van der Waals surface area (Å²) in [7, 11) is 2.65. The average Bonchev–Trinajstić information content (AvgIpc) is 3.26. The number of ether oxygens (including phenoxy) is 3. The van der Waals surface area contributed by atoms with Gasteiger partial charge in [0.25, 0.3) is 0 Å². The second kappa shape index (κ2) is 29.4. The zero-order valence-corrected chi connectivity index (χ0v) is 40.3. The van der Waals surface area contributed by atoms with Crippen LogP contribution in [0.15, 0.2) is 97.1 Å². The van der Waals surface area contributed by atoms with Gasteiger partial charge in [0.1, 0.15) is 46.4 Å². The van der Waals surface area contributed by atoms with E-state index in [9.17, 15) is 42.9 Å². The van der Waals surface area contributed by atoms with Gasteiger partial charge in [-0.2, -0.15) is 13.2 Å². The number of benzene rings is 4. The van der Waals surface area contributed by atoms with Crippen molar-refractivity contribution in [3.05, 3.63) is 108 Å². The molecule has 1 aliphatic heterocycles. The molecule has 67 heavy (non-hydrogen) atoms. The Labute approximate surface area is 419 Å². The predicted octanol–water partition coefficient (Wildman–Crippen LogP) is -3.17. The molecule has 1 fully saturated rings. The number of carboxylic acid groups (broad SMARTS) is 4. The first kappa shape index (κ1) is 60.5. The molecule has 5 rings (SSSR count). The zero-order chi connectivity index (χ0) is 46.9. The molecule has 4 aromatic rings. The number of nitrogens with zero attached hydrogens (tertiary/aromatic N) is 4. The van der Waals surface area contributed by atoms with Crippen LogP contribution in [0, 0.1) is 39.9 Å². The molecule has 4 aromatic carbocycles. The van der Waals surface area contributed by atoms with E-state index in [0.717, 1.165) is 34.5 Å². The Morgan fingerprint density at radius 2 is 0.746 bits per heavy atom. The number of carbonyl (C=O) groups excluding carboxylic acids is 4. The Morgan fingerprint density at radius 3 is 0.985 bits per heavy atom. The molecular formula is C45H55F3GdN4O13P. The maximum absolute atomic E-state index is 11.6. The van der Waals surface area contributed by atoms with E-state index in [1.807, 2.05) is 36.4 Å². The predicted molar refractivity (Wildman–Crippen MR) is 233 cm³/mol. The molecule has 0 aromatic heterocycles. The van der Waals surface area contributed by atoms with E-state index in [-0.39, 0.29) is 83.6 Å². The van der Waals surface area contributed by atoms with Crippen LogP contribution in [0.5, 0.6) is 17.2 Å². The Morgan fingerprint density at radius 1 is 0.493 bits per heavy atom. The average molecular weight is 1110 g/mol. The summed E-state index contributed by atoms with van der Waals surface area (Å²) in [5.74, 6) is -4.37. The maximum atomic E-state index is 11.6. The minimum absolute atomic E-state index is 0. The number of carboxylic acids is 4. The second-order valence-electron chi connectivity index (χ2n) is 14.9. The van der Waals surface area contributed by atoms with Crippen LogP contribution in [-0.4, -0.2) is 154 Å². The van der Waals surface area contributed by atoms with E-state index in [2.05, 4.69) is 65.6 Å². The molecular weight excluding hydrogens is 1050 g/mol. The number of halogens is 3. The van der Waals surface area contributed by atoms with Crippen LogP contribution in [-0.2, 0) is 31.9 Å². The van der Waals surface area contributed by atoms with E-state index in [1.165, 1.54) is 15.9 Å². The number of methoxy groups -OCH3 is 3. The molecule has 367 valence electrons. The van der Waals surface area contributed by atoms with Crippen molar-refractivity contribution in [1.82, 2.24) is 19.6 Å². The van der Waals surface area contributed by atoms with Gasteiger partial charge in [-0.1, -0.05) is 24.3 Å². The molecule has 1 radical (unpaired) electrons. The summed E-state index contributed by atoms with van der Waals surface area (Å²) in [5, 5.41) is 47.1. The number of carbonyl (C=O) groups is 4. The summed E-state index contributed by atoms with van der Waals surface area (Å²) >= 11 is 0. The molecule has 0 saturated carbocycles. The first-order valence-electron chi connectivity index (χ1n) is 20.1. The summed E-state index contributed by atoms with van der Waals surface area (Å²) < 4.78 is 48.2. The Bertz CT molecular complexity index is 1980. The third-order valence-electron chi connectivity index (χ3n) is 10.6. The van der Waals surface area contributed by atoms with Gasteiger partial charge >= 0.3 is 46.1 Å². The van der Waals surface area contributed by atoms with Crippen LogP contribution in [0.1, 0.15) is 11.1 Å². The molecule has 22 heteroatoms. The number of hydrogen-bond acceptors (Lipinski definition) is 15. The quantitative estimate of drug-likeness (QED) is 0.100. The van der Waals surface area contributed by atoms with Crippen LogP contribution in [0.3, 0.4) is 0 Å². The molecule has 0 amide bonds.